The Morgan fingerprint density at radius 3 is 2.92 bits per heavy atom. The van der Waals surface area contributed by atoms with Crippen molar-refractivity contribution in [3.8, 4) is 11.5 Å². The summed E-state index contributed by atoms with van der Waals surface area (Å²) in [5.41, 5.74) is 2.24. The first-order valence-corrected chi connectivity index (χ1v) is 8.11. The number of carbonyl (C=O) groups excluding carboxylic acids is 1. The highest BCUT2D eigenvalue weighted by atomic mass is 35.5. The summed E-state index contributed by atoms with van der Waals surface area (Å²) in [6.07, 6.45) is 6.12. The van der Waals surface area contributed by atoms with Crippen LogP contribution in [0.3, 0.4) is 0 Å². The molecule has 0 spiro atoms. The smallest absolute Gasteiger partial charge is 0.248 e. The van der Waals surface area contributed by atoms with E-state index in [-0.39, 0.29) is 5.91 Å². The van der Waals surface area contributed by atoms with Gasteiger partial charge in [-0.3, -0.25) is 4.79 Å². The van der Waals surface area contributed by atoms with E-state index in [1.165, 1.54) is 12.3 Å². The van der Waals surface area contributed by atoms with E-state index in [0.29, 0.717) is 39.2 Å². The molecule has 1 N–H and O–H groups in total. The number of oxazole rings is 1. The molecular weight excluding hydrogens is 354 g/mol. The van der Waals surface area contributed by atoms with Gasteiger partial charge in [0, 0.05) is 17.8 Å². The van der Waals surface area contributed by atoms with Gasteiger partial charge in [-0.1, -0.05) is 11.6 Å². The first kappa shape index (κ1) is 16.1. The van der Waals surface area contributed by atoms with Crippen LogP contribution in [0.2, 0.25) is 5.02 Å². The van der Waals surface area contributed by atoms with Crippen molar-refractivity contribution in [2.75, 3.05) is 5.32 Å². The number of rotatable bonds is 4. The van der Waals surface area contributed by atoms with Gasteiger partial charge in [-0.05, 0) is 48.5 Å². The average molecular weight is 366 g/mol. The molecule has 6 nitrogen and oxygen atoms in total. The van der Waals surface area contributed by atoms with Crippen LogP contribution >= 0.6 is 11.6 Å². The predicted octanol–water partition coefficient (Wildman–Crippen LogP) is 4.79. The number of nitrogens with zero attached hydrogens (tertiary/aromatic N) is 2. The number of benzene rings is 1. The Labute approximate surface area is 153 Å². The maximum atomic E-state index is 12.1. The van der Waals surface area contributed by atoms with E-state index in [1.54, 1.807) is 54.7 Å². The Morgan fingerprint density at radius 2 is 2.12 bits per heavy atom. The topological polar surface area (TPSA) is 81.2 Å². The van der Waals surface area contributed by atoms with Crippen LogP contribution in [0.15, 0.2) is 69.8 Å². The van der Waals surface area contributed by atoms with E-state index in [4.69, 9.17) is 20.4 Å². The number of furan rings is 1. The summed E-state index contributed by atoms with van der Waals surface area (Å²) in [6, 6.07) is 12.2. The van der Waals surface area contributed by atoms with Gasteiger partial charge in [-0.25, -0.2) is 4.98 Å². The van der Waals surface area contributed by atoms with Crippen LogP contribution in [0.4, 0.5) is 5.69 Å². The van der Waals surface area contributed by atoms with Crippen molar-refractivity contribution in [3.05, 3.63) is 71.8 Å². The second-order valence-corrected chi connectivity index (χ2v) is 5.78. The fourth-order valence-corrected chi connectivity index (χ4v) is 2.53. The minimum Gasteiger partial charge on any atom is -0.465 e. The zero-order valence-corrected chi connectivity index (χ0v) is 14.1. The van der Waals surface area contributed by atoms with Gasteiger partial charge in [0.2, 0.25) is 11.8 Å². The number of pyridine rings is 1. The van der Waals surface area contributed by atoms with Gasteiger partial charge in [0.1, 0.15) is 5.76 Å². The van der Waals surface area contributed by atoms with Crippen LogP contribution in [0.25, 0.3) is 28.8 Å². The van der Waals surface area contributed by atoms with Crippen molar-refractivity contribution in [2.45, 2.75) is 0 Å². The second-order valence-electron chi connectivity index (χ2n) is 5.38. The normalized spacial score (nSPS) is 11.3. The molecule has 1 amide bonds. The summed E-state index contributed by atoms with van der Waals surface area (Å²) < 4.78 is 10.8. The molecule has 0 atom stereocenters. The first-order chi connectivity index (χ1) is 12.7. The third-order valence-electron chi connectivity index (χ3n) is 3.58. The molecule has 1 aromatic carbocycles. The fourth-order valence-electron chi connectivity index (χ4n) is 2.36. The number of halogens is 1. The second kappa shape index (κ2) is 6.85. The molecule has 0 aliphatic heterocycles. The summed E-state index contributed by atoms with van der Waals surface area (Å²) in [4.78, 5) is 20.6. The first-order valence-electron chi connectivity index (χ1n) is 7.73. The molecule has 0 saturated carbocycles. The van der Waals surface area contributed by atoms with Gasteiger partial charge in [-0.15, -0.1) is 0 Å². The number of anilines is 1. The number of hydrogen-bond donors (Lipinski definition) is 1. The molecule has 3 aromatic heterocycles. The Morgan fingerprint density at radius 1 is 1.19 bits per heavy atom. The van der Waals surface area contributed by atoms with E-state index in [2.05, 4.69) is 15.3 Å². The fraction of sp³-hybridized carbons (Fsp3) is 0. The van der Waals surface area contributed by atoms with E-state index in [1.807, 2.05) is 0 Å². The highest BCUT2D eigenvalue weighted by Gasteiger charge is 2.12. The predicted molar refractivity (Wildman–Crippen MR) is 98.6 cm³/mol. The molecule has 4 aromatic rings. The maximum absolute atomic E-state index is 12.1. The Balaban J connectivity index is 1.58. The van der Waals surface area contributed by atoms with Crippen LogP contribution in [-0.2, 0) is 4.79 Å². The minimum atomic E-state index is -0.334. The van der Waals surface area contributed by atoms with Gasteiger partial charge >= 0.3 is 0 Å². The number of hydrogen-bond acceptors (Lipinski definition) is 5. The number of amides is 1. The molecule has 7 heteroatoms. The zero-order valence-electron chi connectivity index (χ0n) is 13.3. The lowest BCUT2D eigenvalue weighted by Crippen LogP contribution is -2.08. The van der Waals surface area contributed by atoms with Crippen LogP contribution in [0.5, 0.6) is 0 Å². The van der Waals surface area contributed by atoms with Gasteiger partial charge < -0.3 is 14.2 Å². The molecule has 0 fully saturated rings. The molecule has 0 unspecified atom stereocenters. The molecule has 0 aliphatic carbocycles. The summed E-state index contributed by atoms with van der Waals surface area (Å²) in [5, 5.41) is 3.14. The molecule has 0 bridgehead atoms. The summed E-state index contributed by atoms with van der Waals surface area (Å²) in [7, 11) is 0. The number of fused-ring (bicyclic) bond motifs is 1. The van der Waals surface area contributed by atoms with E-state index in [9.17, 15) is 4.79 Å². The lowest BCUT2D eigenvalue weighted by Gasteiger charge is -2.06. The standard InChI is InChI=1S/C19H12ClN3O3/c20-14-7-5-12(19-23-18-16(26-19)4-1-9-21-18)11-15(14)22-17(24)8-6-13-3-2-10-25-13/h1-11H,(H,22,24). The Kier molecular flexibility index (Phi) is 4.25. The SMILES string of the molecule is O=C(C=Cc1ccco1)Nc1cc(-c2nc3ncccc3o2)ccc1Cl. The highest BCUT2D eigenvalue weighted by Crippen LogP contribution is 2.30. The monoisotopic (exact) mass is 365 g/mol. The zero-order chi connectivity index (χ0) is 17.9. The summed E-state index contributed by atoms with van der Waals surface area (Å²) in [5.74, 6) is 0.649. The van der Waals surface area contributed by atoms with Gasteiger partial charge in [0.15, 0.2) is 11.2 Å². The molecule has 0 radical (unpaired) electrons. The lowest BCUT2D eigenvalue weighted by atomic mass is 10.2. The number of carbonyl (C=O) groups is 1. The molecule has 128 valence electrons. The van der Waals surface area contributed by atoms with Crippen molar-refractivity contribution in [1.82, 2.24) is 9.97 Å². The molecule has 26 heavy (non-hydrogen) atoms. The summed E-state index contributed by atoms with van der Waals surface area (Å²) >= 11 is 6.19. The van der Waals surface area contributed by atoms with Crippen LogP contribution in [-0.4, -0.2) is 15.9 Å². The minimum absolute atomic E-state index is 0.334. The lowest BCUT2D eigenvalue weighted by molar-refractivity contribution is -0.111. The highest BCUT2D eigenvalue weighted by molar-refractivity contribution is 6.34. The van der Waals surface area contributed by atoms with Crippen molar-refractivity contribution < 1.29 is 13.6 Å². The summed E-state index contributed by atoms with van der Waals surface area (Å²) in [6.45, 7) is 0. The van der Waals surface area contributed by atoms with Gasteiger partial charge in [-0.2, -0.15) is 4.98 Å². The van der Waals surface area contributed by atoms with E-state index < -0.39 is 0 Å². The van der Waals surface area contributed by atoms with E-state index in [0.717, 1.165) is 0 Å². The third kappa shape index (κ3) is 3.36. The van der Waals surface area contributed by atoms with Crippen molar-refractivity contribution in [3.63, 3.8) is 0 Å². The molecular formula is C19H12ClN3O3. The maximum Gasteiger partial charge on any atom is 0.248 e. The largest absolute Gasteiger partial charge is 0.465 e. The number of nitrogens with one attached hydrogen (secondary N) is 1. The molecule has 4 rings (SSSR count). The third-order valence-corrected chi connectivity index (χ3v) is 3.91. The van der Waals surface area contributed by atoms with Crippen LogP contribution < -0.4 is 5.32 Å². The van der Waals surface area contributed by atoms with Gasteiger partial charge in [0.25, 0.3) is 0 Å². The van der Waals surface area contributed by atoms with E-state index >= 15 is 0 Å². The quantitative estimate of drug-likeness (QED) is 0.526. The molecule has 0 saturated heterocycles. The van der Waals surface area contributed by atoms with Gasteiger partial charge in [0.05, 0.1) is 17.0 Å². The van der Waals surface area contributed by atoms with Crippen molar-refractivity contribution >= 4 is 40.5 Å². The molecule has 0 aliphatic rings. The van der Waals surface area contributed by atoms with Crippen molar-refractivity contribution in [1.29, 1.82) is 0 Å². The average Bonchev–Trinajstić information content (AvgIpc) is 3.31. The number of aromatic nitrogens is 2. The van der Waals surface area contributed by atoms with Crippen LogP contribution in [0.1, 0.15) is 5.76 Å². The molecule has 3 heterocycles. The van der Waals surface area contributed by atoms with Crippen LogP contribution in [0, 0.1) is 0 Å². The Bertz CT molecular complexity index is 1070. The Hall–Kier alpha value is -3.38. The van der Waals surface area contributed by atoms with Crippen molar-refractivity contribution in [2.24, 2.45) is 0 Å².